The first-order valence-corrected chi connectivity index (χ1v) is 5.82. The van der Waals surface area contributed by atoms with Gasteiger partial charge in [-0.15, -0.1) is 0 Å². The van der Waals surface area contributed by atoms with E-state index in [4.69, 9.17) is 5.73 Å². The molecule has 1 amide bonds. The highest BCUT2D eigenvalue weighted by Crippen LogP contribution is 2.19. The monoisotopic (exact) mass is 263 g/mol. The molecule has 1 aromatic carbocycles. The summed E-state index contributed by atoms with van der Waals surface area (Å²) in [7, 11) is 0. The summed E-state index contributed by atoms with van der Waals surface area (Å²) >= 11 is 0. The molecule has 7 heteroatoms. The number of amides is 1. The summed E-state index contributed by atoms with van der Waals surface area (Å²) in [6.45, 7) is 0.617. The first kappa shape index (κ1) is 13.0. The third kappa shape index (κ3) is 3.77. The number of hydrogen-bond donors (Lipinski definition) is 2. The number of rotatable bonds is 5. The first-order valence-electron chi connectivity index (χ1n) is 5.82. The molecule has 0 aliphatic carbocycles. The van der Waals surface area contributed by atoms with Crippen LogP contribution in [-0.4, -0.2) is 20.7 Å². The average molecular weight is 263 g/mol. The van der Waals surface area contributed by atoms with Gasteiger partial charge in [0, 0.05) is 13.0 Å². The fourth-order valence-corrected chi connectivity index (χ4v) is 1.61. The van der Waals surface area contributed by atoms with Crippen LogP contribution in [-0.2, 0) is 11.3 Å². The van der Waals surface area contributed by atoms with Crippen LogP contribution in [0.2, 0.25) is 0 Å². The van der Waals surface area contributed by atoms with E-state index in [9.17, 15) is 9.18 Å². The number of aromatic nitrogens is 3. The van der Waals surface area contributed by atoms with Crippen molar-refractivity contribution < 1.29 is 9.18 Å². The van der Waals surface area contributed by atoms with E-state index in [1.54, 1.807) is 11.0 Å². The van der Waals surface area contributed by atoms with Crippen molar-refractivity contribution in [1.82, 2.24) is 14.8 Å². The van der Waals surface area contributed by atoms with Crippen molar-refractivity contribution in [3.8, 4) is 0 Å². The van der Waals surface area contributed by atoms with Gasteiger partial charge in [0.05, 0.1) is 11.4 Å². The molecule has 19 heavy (non-hydrogen) atoms. The van der Waals surface area contributed by atoms with Crippen molar-refractivity contribution >= 4 is 17.3 Å². The molecule has 1 heterocycles. The molecule has 2 rings (SSSR count). The quantitative estimate of drug-likeness (QED) is 0.799. The Balaban J connectivity index is 1.80. The molecule has 0 fully saturated rings. The minimum Gasteiger partial charge on any atom is -0.397 e. The summed E-state index contributed by atoms with van der Waals surface area (Å²) in [5, 5.41) is 6.57. The summed E-state index contributed by atoms with van der Waals surface area (Å²) in [5.41, 5.74) is 6.23. The Hall–Kier alpha value is -2.44. The molecule has 3 N–H and O–H groups in total. The summed E-state index contributed by atoms with van der Waals surface area (Å²) < 4.78 is 14.5. The van der Waals surface area contributed by atoms with Gasteiger partial charge >= 0.3 is 0 Å². The zero-order valence-corrected chi connectivity index (χ0v) is 10.2. The molecule has 0 saturated heterocycles. The fourth-order valence-electron chi connectivity index (χ4n) is 1.61. The van der Waals surface area contributed by atoms with Gasteiger partial charge in [0.15, 0.2) is 0 Å². The second-order valence-electron chi connectivity index (χ2n) is 4.04. The number of nitrogens with zero attached hydrogens (tertiary/aromatic N) is 3. The van der Waals surface area contributed by atoms with Crippen LogP contribution < -0.4 is 11.1 Å². The third-order valence-corrected chi connectivity index (χ3v) is 2.55. The number of nitrogen functional groups attached to an aromatic ring is 1. The van der Waals surface area contributed by atoms with Crippen molar-refractivity contribution in [2.24, 2.45) is 0 Å². The minimum absolute atomic E-state index is 0.168. The molecule has 6 nitrogen and oxygen atoms in total. The predicted molar refractivity (Wildman–Crippen MR) is 68.7 cm³/mol. The van der Waals surface area contributed by atoms with Gasteiger partial charge in [0.25, 0.3) is 0 Å². The van der Waals surface area contributed by atoms with Crippen molar-refractivity contribution in [2.45, 2.75) is 19.4 Å². The Labute approximate surface area is 109 Å². The number of nitrogens with one attached hydrogen (secondary N) is 1. The average Bonchev–Trinajstić information content (AvgIpc) is 2.86. The zero-order valence-electron chi connectivity index (χ0n) is 10.2. The lowest BCUT2D eigenvalue weighted by molar-refractivity contribution is -0.116. The Kier molecular flexibility index (Phi) is 4.07. The van der Waals surface area contributed by atoms with Crippen molar-refractivity contribution in [3.05, 3.63) is 36.7 Å². The van der Waals surface area contributed by atoms with Crippen molar-refractivity contribution in [3.63, 3.8) is 0 Å². The van der Waals surface area contributed by atoms with Crippen LogP contribution in [0.4, 0.5) is 15.8 Å². The number of benzene rings is 1. The van der Waals surface area contributed by atoms with E-state index >= 15 is 0 Å². The normalized spacial score (nSPS) is 10.4. The molecular weight excluding hydrogens is 249 g/mol. The van der Waals surface area contributed by atoms with Crippen LogP contribution in [0.25, 0.3) is 0 Å². The van der Waals surface area contributed by atoms with Gasteiger partial charge in [-0.3, -0.25) is 9.48 Å². The van der Waals surface area contributed by atoms with Gasteiger partial charge in [0.2, 0.25) is 5.91 Å². The van der Waals surface area contributed by atoms with E-state index in [1.165, 1.54) is 24.5 Å². The van der Waals surface area contributed by atoms with Crippen LogP contribution in [0.3, 0.4) is 0 Å². The summed E-state index contributed by atoms with van der Waals surface area (Å²) in [4.78, 5) is 15.5. The smallest absolute Gasteiger partial charge is 0.224 e. The van der Waals surface area contributed by atoms with Crippen LogP contribution in [0, 0.1) is 5.82 Å². The number of hydrogen-bond acceptors (Lipinski definition) is 4. The fraction of sp³-hybridized carbons (Fsp3) is 0.250. The summed E-state index contributed by atoms with van der Waals surface area (Å²) in [6, 6.07) is 3.87. The van der Waals surface area contributed by atoms with E-state index in [2.05, 4.69) is 15.4 Å². The van der Waals surface area contributed by atoms with Gasteiger partial charge < -0.3 is 11.1 Å². The lowest BCUT2D eigenvalue weighted by Gasteiger charge is -2.08. The third-order valence-electron chi connectivity index (χ3n) is 2.55. The molecule has 0 atom stereocenters. The Morgan fingerprint density at radius 3 is 3.00 bits per heavy atom. The first-order chi connectivity index (χ1) is 9.15. The van der Waals surface area contributed by atoms with E-state index < -0.39 is 5.82 Å². The standard InChI is InChI=1S/C12H14FN5O/c13-9-3-4-11(10(14)6-9)17-12(19)2-1-5-18-8-15-7-16-18/h3-4,6-8H,1-2,5,14H2,(H,17,19). The van der Waals surface area contributed by atoms with Gasteiger partial charge in [-0.25, -0.2) is 9.37 Å². The highest BCUT2D eigenvalue weighted by atomic mass is 19.1. The molecule has 0 aliphatic rings. The highest BCUT2D eigenvalue weighted by molar-refractivity contribution is 5.93. The number of aryl methyl sites for hydroxylation is 1. The maximum Gasteiger partial charge on any atom is 0.224 e. The van der Waals surface area contributed by atoms with E-state index in [1.807, 2.05) is 0 Å². The van der Waals surface area contributed by atoms with Crippen molar-refractivity contribution in [2.75, 3.05) is 11.1 Å². The molecular formula is C12H14FN5O. The molecule has 0 bridgehead atoms. The maximum atomic E-state index is 12.8. The lowest BCUT2D eigenvalue weighted by Crippen LogP contribution is -2.13. The van der Waals surface area contributed by atoms with Crippen LogP contribution >= 0.6 is 0 Å². The molecule has 100 valence electrons. The van der Waals surface area contributed by atoms with E-state index in [0.717, 1.165) is 0 Å². The largest absolute Gasteiger partial charge is 0.397 e. The molecule has 0 radical (unpaired) electrons. The number of nitrogens with two attached hydrogens (primary N) is 1. The highest BCUT2D eigenvalue weighted by Gasteiger charge is 2.06. The van der Waals surface area contributed by atoms with Crippen LogP contribution in [0.15, 0.2) is 30.9 Å². The molecule has 2 aromatic rings. The molecule has 0 aliphatic heterocycles. The van der Waals surface area contributed by atoms with Crippen LogP contribution in [0.5, 0.6) is 0 Å². The second-order valence-corrected chi connectivity index (χ2v) is 4.04. The summed E-state index contributed by atoms with van der Waals surface area (Å²) in [5.74, 6) is -0.597. The minimum atomic E-state index is -0.429. The Morgan fingerprint density at radius 2 is 2.32 bits per heavy atom. The molecule has 0 unspecified atom stereocenters. The summed E-state index contributed by atoms with van der Waals surface area (Å²) in [6.07, 6.45) is 4.00. The van der Waals surface area contributed by atoms with Gasteiger partial charge in [0.1, 0.15) is 18.5 Å². The Morgan fingerprint density at radius 1 is 1.47 bits per heavy atom. The van der Waals surface area contributed by atoms with Gasteiger partial charge in [-0.2, -0.15) is 5.10 Å². The molecule has 0 saturated carbocycles. The lowest BCUT2D eigenvalue weighted by atomic mass is 10.2. The second kappa shape index (κ2) is 5.94. The van der Waals surface area contributed by atoms with E-state index in [-0.39, 0.29) is 11.6 Å². The number of anilines is 2. The number of carbonyl (C=O) groups is 1. The van der Waals surface area contributed by atoms with Crippen LogP contribution in [0.1, 0.15) is 12.8 Å². The SMILES string of the molecule is Nc1cc(F)ccc1NC(=O)CCCn1cncn1. The van der Waals surface area contributed by atoms with Gasteiger partial charge in [-0.05, 0) is 24.6 Å². The van der Waals surface area contributed by atoms with Crippen molar-refractivity contribution in [1.29, 1.82) is 0 Å². The molecule has 1 aromatic heterocycles. The topological polar surface area (TPSA) is 85.8 Å². The number of halogens is 1. The van der Waals surface area contributed by atoms with Gasteiger partial charge in [-0.1, -0.05) is 0 Å². The molecule has 0 spiro atoms. The number of carbonyl (C=O) groups excluding carboxylic acids is 1. The Bertz CT molecular complexity index is 555. The van der Waals surface area contributed by atoms with E-state index in [0.29, 0.717) is 25.1 Å². The predicted octanol–water partition coefficient (Wildman–Crippen LogP) is 1.42. The maximum absolute atomic E-state index is 12.8. The zero-order chi connectivity index (χ0) is 13.7.